The molecule has 7 nitrogen and oxygen atoms in total. The van der Waals surface area contributed by atoms with Gasteiger partial charge in [-0.15, -0.1) is 11.6 Å². The van der Waals surface area contributed by atoms with Gasteiger partial charge in [0.25, 0.3) is 5.79 Å². The molecule has 9 atom stereocenters. The summed E-state index contributed by atoms with van der Waals surface area (Å²) in [5, 5.41) is 0.0477. The molecule has 1 aromatic carbocycles. The van der Waals surface area contributed by atoms with Gasteiger partial charge in [0.15, 0.2) is 5.60 Å². The molecule has 5 saturated carbocycles. The zero-order chi connectivity index (χ0) is 20.4. The number of phosphoric ester groups is 1. The normalized spacial score (nSPS) is 50.7. The Morgan fingerprint density at radius 1 is 1.31 bits per heavy atom. The first-order chi connectivity index (χ1) is 13.6. The SMILES string of the molecule is COC1(c2ccc(Cl)c(OP(=O)([O-])O)c2)OOC12C1CC3C4CC2C3C(Cl)(C4)C1. The molecule has 9 unspecified atom stereocenters. The molecular weight excluding hydrogens is 442 g/mol. The molecule has 1 saturated heterocycles. The number of halogens is 2. The van der Waals surface area contributed by atoms with E-state index in [0.717, 1.165) is 25.7 Å². The number of benzene rings is 1. The summed E-state index contributed by atoms with van der Waals surface area (Å²) in [5.74, 6) is 0.564. The molecule has 1 aliphatic heterocycles. The topological polar surface area (TPSA) is 97.3 Å². The minimum absolute atomic E-state index is 0.0477. The van der Waals surface area contributed by atoms with Gasteiger partial charge in [-0.3, -0.25) is 4.57 Å². The molecule has 5 aliphatic carbocycles. The second-order valence-electron chi connectivity index (χ2n) is 9.15. The highest BCUT2D eigenvalue weighted by Crippen LogP contribution is 2.79. The van der Waals surface area contributed by atoms with Crippen molar-refractivity contribution in [3.05, 3.63) is 28.8 Å². The predicted octanol–water partition coefficient (Wildman–Crippen LogP) is 3.35. The maximum absolute atomic E-state index is 11.2. The fourth-order valence-corrected chi connectivity index (χ4v) is 8.89. The van der Waals surface area contributed by atoms with E-state index in [-0.39, 0.29) is 27.5 Å². The van der Waals surface area contributed by atoms with Gasteiger partial charge in [-0.1, -0.05) is 17.7 Å². The van der Waals surface area contributed by atoms with Crippen molar-refractivity contribution in [3.8, 4) is 5.75 Å². The monoisotopic (exact) mass is 461 g/mol. The van der Waals surface area contributed by atoms with Crippen molar-refractivity contribution in [2.45, 2.75) is 41.9 Å². The molecule has 6 aliphatic rings. The first-order valence-electron chi connectivity index (χ1n) is 9.78. The van der Waals surface area contributed by atoms with E-state index >= 15 is 0 Å². The van der Waals surface area contributed by atoms with E-state index in [1.807, 2.05) is 0 Å². The first-order valence-corrected chi connectivity index (χ1v) is 12.0. The maximum Gasteiger partial charge on any atom is 0.317 e. The Balaban J connectivity index is 1.45. The molecule has 29 heavy (non-hydrogen) atoms. The second-order valence-corrected chi connectivity index (χ2v) is 11.4. The fourth-order valence-electron chi connectivity index (χ4n) is 7.58. The van der Waals surface area contributed by atoms with E-state index in [2.05, 4.69) is 4.52 Å². The fraction of sp³-hybridized carbons (Fsp3) is 0.684. The molecule has 1 N–H and O–H groups in total. The van der Waals surface area contributed by atoms with E-state index in [1.54, 1.807) is 13.2 Å². The molecule has 1 heterocycles. The van der Waals surface area contributed by atoms with E-state index < -0.39 is 19.2 Å². The van der Waals surface area contributed by atoms with Crippen molar-refractivity contribution >= 4 is 31.0 Å². The Morgan fingerprint density at radius 3 is 2.72 bits per heavy atom. The van der Waals surface area contributed by atoms with Gasteiger partial charge in [0.05, 0.1) is 5.02 Å². The molecule has 0 amide bonds. The van der Waals surface area contributed by atoms with Gasteiger partial charge in [-0.2, -0.15) is 4.89 Å². The molecule has 6 fully saturated rings. The smallest absolute Gasteiger partial charge is 0.317 e. The molecule has 0 aromatic heterocycles. The number of phosphoric acid groups is 1. The summed E-state index contributed by atoms with van der Waals surface area (Å²) in [6.45, 7) is 0. The largest absolute Gasteiger partial charge is 0.746 e. The van der Waals surface area contributed by atoms with E-state index in [0.29, 0.717) is 23.3 Å². The molecule has 10 heteroatoms. The van der Waals surface area contributed by atoms with Gasteiger partial charge in [0.2, 0.25) is 0 Å². The summed E-state index contributed by atoms with van der Waals surface area (Å²) < 4.78 is 21.9. The Hall–Kier alpha value is -0.370. The van der Waals surface area contributed by atoms with E-state index in [9.17, 15) is 9.46 Å². The maximum atomic E-state index is 11.2. The lowest BCUT2D eigenvalue weighted by Gasteiger charge is -2.68. The Kier molecular flexibility index (Phi) is 3.80. The van der Waals surface area contributed by atoms with Crippen LogP contribution in [0.1, 0.15) is 31.2 Å². The van der Waals surface area contributed by atoms with E-state index in [1.165, 1.54) is 12.1 Å². The van der Waals surface area contributed by atoms with Crippen LogP contribution < -0.4 is 9.42 Å². The Labute approximate surface area is 177 Å². The number of methoxy groups -OCH3 is 1. The van der Waals surface area contributed by atoms with Crippen molar-refractivity contribution < 1.29 is 33.4 Å². The van der Waals surface area contributed by atoms with Crippen molar-refractivity contribution in [3.63, 3.8) is 0 Å². The highest BCUT2D eigenvalue weighted by Gasteiger charge is 2.84. The Bertz CT molecular complexity index is 950. The molecule has 7 rings (SSSR count). The van der Waals surface area contributed by atoms with Crippen LogP contribution in [0.2, 0.25) is 5.02 Å². The highest BCUT2D eigenvalue weighted by molar-refractivity contribution is 7.45. The minimum Gasteiger partial charge on any atom is -0.746 e. The Morgan fingerprint density at radius 2 is 2.10 bits per heavy atom. The van der Waals surface area contributed by atoms with Crippen LogP contribution in [0.4, 0.5) is 0 Å². The summed E-state index contributed by atoms with van der Waals surface area (Å²) in [4.78, 5) is 31.8. The van der Waals surface area contributed by atoms with Crippen LogP contribution in [-0.2, 0) is 24.9 Å². The quantitative estimate of drug-likeness (QED) is 0.417. The predicted molar refractivity (Wildman–Crippen MR) is 100.0 cm³/mol. The van der Waals surface area contributed by atoms with Crippen molar-refractivity contribution in [1.29, 1.82) is 0 Å². The van der Waals surface area contributed by atoms with Crippen LogP contribution in [0.15, 0.2) is 18.2 Å². The van der Waals surface area contributed by atoms with Crippen molar-refractivity contribution in [2.24, 2.45) is 29.6 Å². The third-order valence-corrected chi connectivity index (χ3v) is 9.48. The number of alkyl halides is 1. The summed E-state index contributed by atoms with van der Waals surface area (Å²) in [5.41, 5.74) is -0.158. The first kappa shape index (κ1) is 19.3. The second kappa shape index (κ2) is 5.70. The lowest BCUT2D eigenvalue weighted by Crippen LogP contribution is -2.78. The third-order valence-electron chi connectivity index (χ3n) is 8.18. The van der Waals surface area contributed by atoms with Crippen LogP contribution in [-0.4, -0.2) is 22.5 Å². The number of rotatable bonds is 4. The zero-order valence-electron chi connectivity index (χ0n) is 15.5. The zero-order valence-corrected chi connectivity index (χ0v) is 18.0. The summed E-state index contributed by atoms with van der Waals surface area (Å²) in [6.07, 6.45) is 3.97. The number of hydrogen-bond acceptors (Lipinski definition) is 6. The average molecular weight is 462 g/mol. The lowest BCUT2D eigenvalue weighted by molar-refractivity contribution is -0.645. The van der Waals surface area contributed by atoms with Gasteiger partial charge in [0.1, 0.15) is 5.75 Å². The van der Waals surface area contributed by atoms with Crippen molar-refractivity contribution in [2.75, 3.05) is 7.11 Å². The third kappa shape index (κ3) is 2.21. The lowest BCUT2D eigenvalue weighted by atomic mass is 9.49. The van der Waals surface area contributed by atoms with Crippen LogP contribution in [0, 0.1) is 29.6 Å². The van der Waals surface area contributed by atoms with Crippen LogP contribution in [0.3, 0.4) is 0 Å². The van der Waals surface area contributed by atoms with Crippen LogP contribution in [0.25, 0.3) is 0 Å². The van der Waals surface area contributed by atoms with Gasteiger partial charge < -0.3 is 19.0 Å². The molecule has 1 spiro atoms. The summed E-state index contributed by atoms with van der Waals surface area (Å²) in [7, 11) is -3.47. The molecule has 1 aromatic rings. The van der Waals surface area contributed by atoms with Crippen LogP contribution >= 0.6 is 31.0 Å². The molecule has 158 valence electrons. The summed E-state index contributed by atoms with van der Waals surface area (Å²) in [6, 6.07) is 4.64. The van der Waals surface area contributed by atoms with Gasteiger partial charge in [-0.05, 0) is 61.5 Å². The molecule has 0 radical (unpaired) electrons. The summed E-state index contributed by atoms with van der Waals surface area (Å²) >= 11 is 13.1. The van der Waals surface area contributed by atoms with Gasteiger partial charge >= 0.3 is 7.82 Å². The molecular formula is C19H20Cl2O7P-. The molecule has 6 bridgehead atoms. The minimum atomic E-state index is -5.02. The average Bonchev–Trinajstić information content (AvgIpc) is 3.00. The van der Waals surface area contributed by atoms with Gasteiger partial charge in [0, 0.05) is 23.5 Å². The number of hydrogen-bond donors (Lipinski definition) is 1. The standard InChI is InChI=1S/C19H21Cl2O7P/c1-25-19(10-2-3-14(20)15(6-10)26-29(22,23)24)18(27-28-19)11-5-12-9-4-13(18)16(12)17(21,7-9)8-11/h2-3,6,9,11-13,16H,4-5,7-8H2,1H3,(H2,22,23,24)/p-1. The van der Waals surface area contributed by atoms with E-state index in [4.69, 9.17) is 42.6 Å². The van der Waals surface area contributed by atoms with Crippen molar-refractivity contribution in [1.82, 2.24) is 0 Å². The number of ether oxygens (including phenoxy) is 1. The van der Waals surface area contributed by atoms with Gasteiger partial charge in [-0.25, -0.2) is 4.89 Å². The van der Waals surface area contributed by atoms with Crippen LogP contribution in [0.5, 0.6) is 5.75 Å². The highest BCUT2D eigenvalue weighted by atomic mass is 35.5.